The van der Waals surface area contributed by atoms with Crippen molar-refractivity contribution in [3.63, 3.8) is 0 Å². The molecule has 0 unspecified atom stereocenters. The smallest absolute Gasteiger partial charge is 0.291 e. The largest absolute Gasteiger partial charge is 0.507 e. The lowest BCUT2D eigenvalue weighted by atomic mass is 9.78. The number of aromatic hydroxyl groups is 1. The quantitative estimate of drug-likeness (QED) is 0.570. The van der Waals surface area contributed by atoms with Crippen molar-refractivity contribution in [2.45, 2.75) is 52.4 Å². The average Bonchev–Trinajstić information content (AvgIpc) is 2.54. The summed E-state index contributed by atoms with van der Waals surface area (Å²) in [6.45, 7) is 12.2. The first-order chi connectivity index (χ1) is 12.4. The van der Waals surface area contributed by atoms with Gasteiger partial charge >= 0.3 is 0 Å². The van der Waals surface area contributed by atoms with Gasteiger partial charge in [-0.3, -0.25) is 9.59 Å². The number of amides is 1. The molecule has 2 aromatic rings. The average molecular weight is 370 g/mol. The SMILES string of the molecule is CC(C)(C)c1cc(/C=N/NC(=O)c2ccc(=O)[nH]n2)cc(C(C)(C)C)c1O. The van der Waals surface area contributed by atoms with Crippen molar-refractivity contribution in [3.8, 4) is 5.75 Å². The molecule has 1 aromatic heterocycles. The van der Waals surface area contributed by atoms with Crippen molar-refractivity contribution >= 4 is 12.1 Å². The van der Waals surface area contributed by atoms with E-state index in [4.69, 9.17) is 0 Å². The van der Waals surface area contributed by atoms with Crippen molar-refractivity contribution in [2.24, 2.45) is 5.10 Å². The van der Waals surface area contributed by atoms with Gasteiger partial charge in [0.1, 0.15) is 5.75 Å². The van der Waals surface area contributed by atoms with Crippen LogP contribution in [0.15, 0.2) is 34.2 Å². The summed E-state index contributed by atoms with van der Waals surface area (Å²) in [5, 5.41) is 20.5. The molecule has 1 aromatic carbocycles. The van der Waals surface area contributed by atoms with Crippen LogP contribution in [0.1, 0.15) is 68.7 Å². The van der Waals surface area contributed by atoms with Gasteiger partial charge in [0.05, 0.1) is 6.21 Å². The molecule has 7 nitrogen and oxygen atoms in total. The Morgan fingerprint density at radius 1 is 1.11 bits per heavy atom. The number of nitrogens with one attached hydrogen (secondary N) is 2. The zero-order valence-corrected chi connectivity index (χ0v) is 16.5. The summed E-state index contributed by atoms with van der Waals surface area (Å²) in [4.78, 5) is 23.0. The van der Waals surface area contributed by atoms with Gasteiger partial charge in [0.25, 0.3) is 11.5 Å². The molecule has 0 saturated carbocycles. The fourth-order valence-corrected chi connectivity index (χ4v) is 2.57. The van der Waals surface area contributed by atoms with E-state index in [9.17, 15) is 14.7 Å². The van der Waals surface area contributed by atoms with E-state index in [1.807, 2.05) is 53.7 Å². The van der Waals surface area contributed by atoms with Crippen LogP contribution in [0.5, 0.6) is 5.75 Å². The lowest BCUT2D eigenvalue weighted by molar-refractivity contribution is 0.0949. The summed E-state index contributed by atoms with van der Waals surface area (Å²) < 4.78 is 0. The molecule has 0 aliphatic carbocycles. The molecule has 1 amide bonds. The monoisotopic (exact) mass is 370 g/mol. The van der Waals surface area contributed by atoms with Crippen molar-refractivity contribution in [2.75, 3.05) is 0 Å². The number of hydrazone groups is 1. The maximum absolute atomic E-state index is 12.0. The molecule has 1 heterocycles. The Morgan fingerprint density at radius 3 is 2.11 bits per heavy atom. The number of aromatic amines is 1. The summed E-state index contributed by atoms with van der Waals surface area (Å²) >= 11 is 0. The topological polar surface area (TPSA) is 107 Å². The Kier molecular flexibility index (Phi) is 5.54. The number of aromatic nitrogens is 2. The Labute approximate surface area is 158 Å². The van der Waals surface area contributed by atoms with Gasteiger partial charge in [-0.25, -0.2) is 10.5 Å². The van der Waals surface area contributed by atoms with E-state index < -0.39 is 5.91 Å². The third-order valence-electron chi connectivity index (χ3n) is 4.04. The Hall–Kier alpha value is -2.96. The van der Waals surface area contributed by atoms with Gasteiger partial charge in [-0.2, -0.15) is 10.2 Å². The second-order valence-corrected chi connectivity index (χ2v) is 8.47. The number of phenols is 1. The third kappa shape index (κ3) is 5.03. The van der Waals surface area contributed by atoms with Crippen molar-refractivity contribution in [1.29, 1.82) is 0 Å². The Bertz CT molecular complexity index is 876. The highest BCUT2D eigenvalue weighted by atomic mass is 16.3. The highest BCUT2D eigenvalue weighted by molar-refractivity contribution is 5.93. The Balaban J connectivity index is 2.32. The maximum atomic E-state index is 12.0. The van der Waals surface area contributed by atoms with Gasteiger partial charge in [-0.05, 0) is 34.6 Å². The lowest BCUT2D eigenvalue weighted by Gasteiger charge is -2.27. The molecule has 144 valence electrons. The van der Waals surface area contributed by atoms with Gasteiger partial charge in [-0.15, -0.1) is 0 Å². The summed E-state index contributed by atoms with van der Waals surface area (Å²) in [6, 6.07) is 6.26. The minimum Gasteiger partial charge on any atom is -0.507 e. The predicted molar refractivity (Wildman–Crippen MR) is 105 cm³/mol. The van der Waals surface area contributed by atoms with Crippen LogP contribution in [0, 0.1) is 0 Å². The van der Waals surface area contributed by atoms with E-state index in [0.29, 0.717) is 0 Å². The highest BCUT2D eigenvalue weighted by Crippen LogP contribution is 2.39. The van der Waals surface area contributed by atoms with E-state index >= 15 is 0 Å². The van der Waals surface area contributed by atoms with Crippen molar-refractivity contribution in [1.82, 2.24) is 15.6 Å². The number of H-pyrrole nitrogens is 1. The highest BCUT2D eigenvalue weighted by Gasteiger charge is 2.26. The molecular formula is C20H26N4O3. The van der Waals surface area contributed by atoms with E-state index in [-0.39, 0.29) is 27.8 Å². The number of hydrogen-bond acceptors (Lipinski definition) is 5. The first-order valence-electron chi connectivity index (χ1n) is 8.66. The number of hydrogen-bond donors (Lipinski definition) is 3. The van der Waals surface area contributed by atoms with Gasteiger partial charge < -0.3 is 5.11 Å². The zero-order chi connectivity index (χ0) is 20.4. The number of phenolic OH excluding ortho intramolecular Hbond substituents is 1. The molecule has 7 heteroatoms. The maximum Gasteiger partial charge on any atom is 0.291 e. The fourth-order valence-electron chi connectivity index (χ4n) is 2.57. The molecule has 2 rings (SSSR count). The van der Waals surface area contributed by atoms with E-state index in [0.717, 1.165) is 16.7 Å². The Morgan fingerprint density at radius 2 is 1.67 bits per heavy atom. The molecule has 3 N–H and O–H groups in total. The van der Waals surface area contributed by atoms with Crippen LogP contribution in [-0.2, 0) is 10.8 Å². The van der Waals surface area contributed by atoms with Gasteiger partial charge in [0.2, 0.25) is 0 Å². The molecule has 0 spiro atoms. The van der Waals surface area contributed by atoms with Crippen LogP contribution < -0.4 is 11.0 Å². The van der Waals surface area contributed by atoms with Gasteiger partial charge in [0, 0.05) is 17.2 Å². The van der Waals surface area contributed by atoms with Gasteiger partial charge in [0.15, 0.2) is 5.69 Å². The molecule has 0 radical (unpaired) electrons. The second kappa shape index (κ2) is 7.34. The molecule has 0 atom stereocenters. The molecule has 27 heavy (non-hydrogen) atoms. The van der Waals surface area contributed by atoms with Crippen LogP contribution in [0.25, 0.3) is 0 Å². The third-order valence-corrected chi connectivity index (χ3v) is 4.04. The summed E-state index contributed by atoms with van der Waals surface area (Å²) in [6.07, 6.45) is 1.52. The van der Waals surface area contributed by atoms with Crippen molar-refractivity contribution < 1.29 is 9.90 Å². The van der Waals surface area contributed by atoms with Crippen LogP contribution in [0.4, 0.5) is 0 Å². The lowest BCUT2D eigenvalue weighted by Crippen LogP contribution is -2.21. The first kappa shape index (κ1) is 20.4. The van der Waals surface area contributed by atoms with E-state index in [2.05, 4.69) is 20.7 Å². The molecular weight excluding hydrogens is 344 g/mol. The van der Waals surface area contributed by atoms with E-state index in [1.54, 1.807) is 0 Å². The van der Waals surface area contributed by atoms with Crippen LogP contribution in [0.2, 0.25) is 0 Å². The summed E-state index contributed by atoms with van der Waals surface area (Å²) in [5.41, 5.74) is 3.93. The standard InChI is InChI=1S/C20H26N4O3/c1-19(2,3)13-9-12(10-14(17(13)26)20(4,5)6)11-21-24-18(27)15-7-8-16(25)23-22-15/h7-11,26H,1-6H3,(H,23,25)(H,24,27)/b21-11+. The number of carbonyl (C=O) groups excluding carboxylic acids is 1. The predicted octanol–water partition coefficient (Wildman–Crippen LogP) is 2.83. The fraction of sp³-hybridized carbons (Fsp3) is 0.400. The first-order valence-corrected chi connectivity index (χ1v) is 8.66. The number of carbonyl (C=O) groups is 1. The summed E-state index contributed by atoms with van der Waals surface area (Å²) in [5.74, 6) is -0.248. The normalized spacial score (nSPS) is 12.4. The van der Waals surface area contributed by atoms with Crippen molar-refractivity contribution in [3.05, 3.63) is 57.0 Å². The number of nitrogens with zero attached hydrogens (tertiary/aromatic N) is 2. The van der Waals surface area contributed by atoms with Crippen LogP contribution in [0.3, 0.4) is 0 Å². The van der Waals surface area contributed by atoms with Crippen LogP contribution in [-0.4, -0.2) is 27.4 Å². The molecule has 0 fully saturated rings. The zero-order valence-electron chi connectivity index (χ0n) is 16.5. The molecule has 0 bridgehead atoms. The van der Waals surface area contributed by atoms with Gasteiger partial charge in [-0.1, -0.05) is 41.5 Å². The number of rotatable bonds is 3. The molecule has 0 saturated heterocycles. The van der Waals surface area contributed by atoms with Crippen LogP contribution >= 0.6 is 0 Å². The molecule has 0 aliphatic rings. The number of benzene rings is 1. The minimum absolute atomic E-state index is 0.0585. The van der Waals surface area contributed by atoms with E-state index in [1.165, 1.54) is 18.3 Å². The molecule has 0 aliphatic heterocycles. The summed E-state index contributed by atoms with van der Waals surface area (Å²) in [7, 11) is 0. The second-order valence-electron chi connectivity index (χ2n) is 8.47. The minimum atomic E-state index is -0.534.